The predicted molar refractivity (Wildman–Crippen MR) is 123 cm³/mol. The topological polar surface area (TPSA) is 96.4 Å². The van der Waals surface area contributed by atoms with Gasteiger partial charge in [-0.2, -0.15) is 0 Å². The second-order valence-corrected chi connectivity index (χ2v) is 9.35. The molecule has 2 saturated heterocycles. The van der Waals surface area contributed by atoms with Crippen LogP contribution in [-0.4, -0.2) is 78.6 Å². The molecule has 12 heteroatoms. The Morgan fingerprint density at radius 1 is 1.41 bits per heavy atom. The Kier molecular flexibility index (Phi) is 6.24. The van der Waals surface area contributed by atoms with Crippen LogP contribution >= 0.6 is 22.9 Å². The quantitative estimate of drug-likeness (QED) is 0.624. The van der Waals surface area contributed by atoms with E-state index in [4.69, 9.17) is 26.1 Å². The lowest BCUT2D eigenvalue weighted by atomic mass is 9.95. The number of carbonyl (C=O) groups excluding carboxylic acids is 2. The van der Waals surface area contributed by atoms with Crippen molar-refractivity contribution in [3.05, 3.63) is 62.5 Å². The highest BCUT2D eigenvalue weighted by atomic mass is 35.5. The molecule has 1 amide bonds. The van der Waals surface area contributed by atoms with Crippen LogP contribution in [0.15, 0.2) is 46.0 Å². The molecule has 5 rings (SSSR count). The maximum atomic E-state index is 13.8. The Balaban J connectivity index is 1.54. The molecule has 2 aromatic rings. The minimum absolute atomic E-state index is 0.0403. The largest absolute Gasteiger partial charge is 0.466 e. The molecule has 4 heterocycles. The van der Waals surface area contributed by atoms with Gasteiger partial charge in [0.15, 0.2) is 10.8 Å². The minimum atomic E-state index is -0.812. The second-order valence-electron chi connectivity index (χ2n) is 8.05. The van der Waals surface area contributed by atoms with Crippen molar-refractivity contribution < 1.29 is 23.5 Å². The number of halogens is 2. The van der Waals surface area contributed by atoms with Crippen molar-refractivity contribution in [3.8, 4) is 0 Å². The third-order valence-electron chi connectivity index (χ3n) is 6.01. The number of esters is 1. The average Bonchev–Trinajstić information content (AvgIpc) is 3.49. The Morgan fingerprint density at radius 3 is 3.00 bits per heavy atom. The smallest absolute Gasteiger partial charge is 0.410 e. The molecule has 1 aromatic heterocycles. The lowest BCUT2D eigenvalue weighted by Gasteiger charge is -2.37. The number of amidine groups is 1. The molecule has 2 fully saturated rings. The zero-order valence-corrected chi connectivity index (χ0v) is 19.7. The van der Waals surface area contributed by atoms with E-state index in [0.29, 0.717) is 54.9 Å². The summed E-state index contributed by atoms with van der Waals surface area (Å²) in [5, 5.41) is 5.90. The minimum Gasteiger partial charge on any atom is -0.466 e. The first-order valence-electron chi connectivity index (χ1n) is 10.6. The van der Waals surface area contributed by atoms with E-state index in [9.17, 15) is 14.0 Å². The Labute approximate surface area is 203 Å². The van der Waals surface area contributed by atoms with E-state index in [1.165, 1.54) is 36.6 Å². The van der Waals surface area contributed by atoms with Crippen molar-refractivity contribution in [2.24, 2.45) is 4.99 Å². The van der Waals surface area contributed by atoms with Crippen LogP contribution in [0.1, 0.15) is 16.6 Å². The maximum Gasteiger partial charge on any atom is 0.410 e. The molecule has 1 aromatic carbocycles. The van der Waals surface area contributed by atoms with Crippen LogP contribution in [0, 0.1) is 5.82 Å². The molecular weight excluding hydrogens is 485 g/mol. The van der Waals surface area contributed by atoms with Gasteiger partial charge in [0.2, 0.25) is 0 Å². The van der Waals surface area contributed by atoms with Crippen molar-refractivity contribution in [2.75, 3.05) is 39.9 Å². The van der Waals surface area contributed by atoms with Crippen LogP contribution in [0.25, 0.3) is 0 Å². The SMILES string of the molecule is COC(=O)C1=C(CN2CCN3C(=O)OCC3C2)NC(c2nccs2)=N[C@H]1c1ccc(F)cc1Cl. The van der Waals surface area contributed by atoms with Gasteiger partial charge in [0.1, 0.15) is 18.5 Å². The fourth-order valence-corrected chi connectivity index (χ4v) is 5.25. The number of aliphatic imine (C=N–C) groups is 1. The normalized spacial score (nSPS) is 22.7. The molecule has 9 nitrogen and oxygen atoms in total. The molecule has 0 spiro atoms. The predicted octanol–water partition coefficient (Wildman–Crippen LogP) is 2.59. The van der Waals surface area contributed by atoms with E-state index in [1.54, 1.807) is 11.1 Å². The molecule has 0 bridgehead atoms. The van der Waals surface area contributed by atoms with Crippen molar-refractivity contribution >= 4 is 40.8 Å². The first-order valence-corrected chi connectivity index (χ1v) is 11.9. The summed E-state index contributed by atoms with van der Waals surface area (Å²) in [6, 6.07) is 3.15. The fraction of sp³-hybridized carbons (Fsp3) is 0.364. The van der Waals surface area contributed by atoms with Crippen molar-refractivity contribution in [1.29, 1.82) is 0 Å². The van der Waals surface area contributed by atoms with Gasteiger partial charge < -0.3 is 14.8 Å². The third kappa shape index (κ3) is 4.26. The number of carbonyl (C=O) groups is 2. The second kappa shape index (κ2) is 9.32. The summed E-state index contributed by atoms with van der Waals surface area (Å²) >= 11 is 7.78. The van der Waals surface area contributed by atoms with Crippen LogP contribution in [0.5, 0.6) is 0 Å². The number of nitrogens with zero attached hydrogens (tertiary/aromatic N) is 4. The van der Waals surface area contributed by atoms with E-state index in [2.05, 4.69) is 15.2 Å². The number of benzene rings is 1. The van der Waals surface area contributed by atoms with Gasteiger partial charge in [-0.15, -0.1) is 11.3 Å². The summed E-state index contributed by atoms with van der Waals surface area (Å²) in [6.07, 6.45) is 1.37. The monoisotopic (exact) mass is 505 g/mol. The molecule has 2 atom stereocenters. The third-order valence-corrected chi connectivity index (χ3v) is 7.11. The standard InChI is InChI=1S/C22H21ClFN5O4S/c1-32-21(30)17-16(10-28-5-6-29-13(9-28)11-33-22(29)31)26-19(20-25-4-7-34-20)27-18(17)14-3-2-12(24)8-15(14)23/h2-4,7-8,13,18H,5-6,9-11H2,1H3,(H,26,27)/t13?,18-/m0/s1. The highest BCUT2D eigenvalue weighted by molar-refractivity contribution is 7.11. The summed E-state index contributed by atoms with van der Waals surface area (Å²) in [6.45, 7) is 2.45. The Hall–Kier alpha value is -3.02. The summed E-state index contributed by atoms with van der Waals surface area (Å²) in [4.78, 5) is 37.8. The van der Waals surface area contributed by atoms with Gasteiger partial charge in [-0.05, 0) is 12.1 Å². The number of aromatic nitrogens is 1. The summed E-state index contributed by atoms with van der Waals surface area (Å²) in [5.74, 6) is -0.560. The van der Waals surface area contributed by atoms with Crippen LogP contribution in [0.4, 0.5) is 9.18 Å². The molecule has 34 heavy (non-hydrogen) atoms. The Morgan fingerprint density at radius 2 is 2.26 bits per heavy atom. The van der Waals surface area contributed by atoms with Gasteiger partial charge in [-0.3, -0.25) is 14.8 Å². The van der Waals surface area contributed by atoms with E-state index < -0.39 is 17.8 Å². The first kappa shape index (κ1) is 22.8. The number of nitrogens with one attached hydrogen (secondary N) is 1. The summed E-state index contributed by atoms with van der Waals surface area (Å²) in [7, 11) is 1.30. The van der Waals surface area contributed by atoms with Gasteiger partial charge in [0, 0.05) is 54.0 Å². The van der Waals surface area contributed by atoms with Crippen LogP contribution < -0.4 is 5.32 Å². The van der Waals surface area contributed by atoms with E-state index >= 15 is 0 Å². The number of ether oxygens (including phenoxy) is 2. The molecule has 0 radical (unpaired) electrons. The highest BCUT2D eigenvalue weighted by Gasteiger charge is 2.39. The lowest BCUT2D eigenvalue weighted by molar-refractivity contribution is -0.136. The number of fused-ring (bicyclic) bond motifs is 1. The number of rotatable bonds is 5. The fourth-order valence-electron chi connectivity index (χ4n) is 4.39. The van der Waals surface area contributed by atoms with E-state index in [0.717, 1.165) is 0 Å². The van der Waals surface area contributed by atoms with Gasteiger partial charge >= 0.3 is 12.1 Å². The lowest BCUT2D eigenvalue weighted by Crippen LogP contribution is -2.53. The van der Waals surface area contributed by atoms with Gasteiger partial charge in [0.05, 0.1) is 18.7 Å². The van der Waals surface area contributed by atoms with E-state index in [-0.39, 0.29) is 22.7 Å². The molecular formula is C22H21ClFN5O4S. The molecule has 178 valence electrons. The summed E-state index contributed by atoms with van der Waals surface area (Å²) < 4.78 is 24.0. The van der Waals surface area contributed by atoms with Crippen LogP contribution in [0.2, 0.25) is 5.02 Å². The molecule has 0 saturated carbocycles. The average molecular weight is 506 g/mol. The molecule has 1 N–H and O–H groups in total. The van der Waals surface area contributed by atoms with Crippen molar-refractivity contribution in [1.82, 2.24) is 20.1 Å². The number of amides is 1. The summed E-state index contributed by atoms with van der Waals surface area (Å²) in [5.41, 5.74) is 1.37. The zero-order chi connectivity index (χ0) is 23.8. The van der Waals surface area contributed by atoms with Gasteiger partial charge in [-0.25, -0.2) is 19.0 Å². The Bertz CT molecular complexity index is 1190. The number of piperazine rings is 1. The van der Waals surface area contributed by atoms with E-state index in [1.807, 2.05) is 5.38 Å². The van der Waals surface area contributed by atoms with Crippen molar-refractivity contribution in [2.45, 2.75) is 12.1 Å². The van der Waals surface area contributed by atoms with Crippen LogP contribution in [0.3, 0.4) is 0 Å². The first-order chi connectivity index (χ1) is 16.4. The number of hydrogen-bond acceptors (Lipinski definition) is 9. The maximum absolute atomic E-state index is 13.8. The number of hydrogen-bond donors (Lipinski definition) is 1. The number of thiazole rings is 1. The highest BCUT2D eigenvalue weighted by Crippen LogP contribution is 2.37. The molecule has 3 aliphatic heterocycles. The molecule has 1 unspecified atom stereocenters. The molecule has 0 aliphatic carbocycles. The number of cyclic esters (lactones) is 1. The van der Waals surface area contributed by atoms with Gasteiger partial charge in [0.25, 0.3) is 0 Å². The zero-order valence-electron chi connectivity index (χ0n) is 18.2. The van der Waals surface area contributed by atoms with Crippen LogP contribution in [-0.2, 0) is 14.3 Å². The number of methoxy groups -OCH3 is 1. The molecule has 3 aliphatic rings. The van der Waals surface area contributed by atoms with Gasteiger partial charge in [-0.1, -0.05) is 17.7 Å². The van der Waals surface area contributed by atoms with Crippen molar-refractivity contribution in [3.63, 3.8) is 0 Å².